The van der Waals surface area contributed by atoms with Gasteiger partial charge >= 0.3 is 0 Å². The average molecular weight is 225 g/mol. The van der Waals surface area contributed by atoms with Gasteiger partial charge in [0.15, 0.2) is 5.65 Å². The summed E-state index contributed by atoms with van der Waals surface area (Å²) in [5.74, 6) is 0. The molecular formula is C9H9BrN2. The van der Waals surface area contributed by atoms with Crippen molar-refractivity contribution in [2.45, 2.75) is 13.8 Å². The van der Waals surface area contributed by atoms with Gasteiger partial charge in [-0.15, -0.1) is 0 Å². The molecule has 0 unspecified atom stereocenters. The standard InChI is InChI=1S/C9H9BrN2/c1-6-3-8(10)9-11-4-7(2)12(9)5-6/h3-5H,1-2H3. The number of rotatable bonds is 0. The van der Waals surface area contributed by atoms with Crippen LogP contribution in [0.4, 0.5) is 0 Å². The minimum atomic E-state index is 0.984. The van der Waals surface area contributed by atoms with Crippen molar-refractivity contribution < 1.29 is 0 Å². The highest BCUT2D eigenvalue weighted by Crippen LogP contribution is 2.19. The van der Waals surface area contributed by atoms with E-state index in [1.165, 1.54) is 5.56 Å². The maximum absolute atomic E-state index is 4.27. The molecule has 0 saturated carbocycles. The average Bonchev–Trinajstić information content (AvgIpc) is 2.33. The summed E-state index contributed by atoms with van der Waals surface area (Å²) in [5, 5.41) is 0. The second kappa shape index (κ2) is 2.59. The summed E-state index contributed by atoms with van der Waals surface area (Å²) >= 11 is 3.48. The van der Waals surface area contributed by atoms with Gasteiger partial charge in [-0.25, -0.2) is 4.98 Å². The van der Waals surface area contributed by atoms with Crippen LogP contribution in [0.2, 0.25) is 0 Å². The molecule has 0 aliphatic carbocycles. The van der Waals surface area contributed by atoms with Crippen molar-refractivity contribution in [1.82, 2.24) is 9.38 Å². The molecule has 3 heteroatoms. The lowest BCUT2D eigenvalue weighted by Gasteiger charge is -2.00. The number of imidazole rings is 1. The lowest BCUT2D eigenvalue weighted by molar-refractivity contribution is 1.08. The summed E-state index contributed by atoms with van der Waals surface area (Å²) in [6.45, 7) is 4.12. The number of halogens is 1. The molecule has 0 aromatic carbocycles. The summed E-state index contributed by atoms with van der Waals surface area (Å²) in [6.07, 6.45) is 3.96. The fourth-order valence-corrected chi connectivity index (χ4v) is 1.95. The van der Waals surface area contributed by atoms with Crippen LogP contribution >= 0.6 is 15.9 Å². The summed E-state index contributed by atoms with van der Waals surface area (Å²) < 4.78 is 3.13. The zero-order valence-corrected chi connectivity index (χ0v) is 8.59. The van der Waals surface area contributed by atoms with Gasteiger partial charge in [0.25, 0.3) is 0 Å². The Balaban J connectivity index is 2.92. The van der Waals surface area contributed by atoms with E-state index in [-0.39, 0.29) is 0 Å². The van der Waals surface area contributed by atoms with Crippen molar-refractivity contribution in [3.8, 4) is 0 Å². The molecule has 0 aliphatic heterocycles. The first kappa shape index (κ1) is 7.80. The largest absolute Gasteiger partial charge is 0.303 e. The van der Waals surface area contributed by atoms with Gasteiger partial charge in [0.2, 0.25) is 0 Å². The van der Waals surface area contributed by atoms with E-state index < -0.39 is 0 Å². The van der Waals surface area contributed by atoms with Crippen LogP contribution in [0.1, 0.15) is 11.3 Å². The lowest BCUT2D eigenvalue weighted by atomic mass is 10.3. The first-order chi connectivity index (χ1) is 5.68. The molecule has 0 N–H and O–H groups in total. The summed E-state index contributed by atoms with van der Waals surface area (Å²) in [6, 6.07) is 2.07. The van der Waals surface area contributed by atoms with Crippen molar-refractivity contribution in [2.24, 2.45) is 0 Å². The van der Waals surface area contributed by atoms with Crippen LogP contribution in [0.25, 0.3) is 5.65 Å². The van der Waals surface area contributed by atoms with Gasteiger partial charge in [0.05, 0.1) is 4.47 Å². The highest BCUT2D eigenvalue weighted by atomic mass is 79.9. The van der Waals surface area contributed by atoms with E-state index in [9.17, 15) is 0 Å². The highest BCUT2D eigenvalue weighted by molar-refractivity contribution is 9.10. The van der Waals surface area contributed by atoms with Crippen molar-refractivity contribution in [1.29, 1.82) is 0 Å². The molecular weight excluding hydrogens is 216 g/mol. The predicted molar refractivity (Wildman–Crippen MR) is 52.4 cm³/mol. The third kappa shape index (κ3) is 1.05. The summed E-state index contributed by atoms with van der Waals surface area (Å²) in [5.41, 5.74) is 3.38. The van der Waals surface area contributed by atoms with E-state index >= 15 is 0 Å². The van der Waals surface area contributed by atoms with Crippen LogP contribution in [0.3, 0.4) is 0 Å². The Labute approximate surface area is 79.4 Å². The van der Waals surface area contributed by atoms with Crippen LogP contribution in [-0.4, -0.2) is 9.38 Å². The minimum absolute atomic E-state index is 0.984. The maximum Gasteiger partial charge on any atom is 0.151 e. The van der Waals surface area contributed by atoms with Gasteiger partial charge in [-0.3, -0.25) is 0 Å². The molecule has 0 aliphatic rings. The molecule has 0 saturated heterocycles. The summed E-state index contributed by atoms with van der Waals surface area (Å²) in [7, 11) is 0. The third-order valence-corrected chi connectivity index (χ3v) is 2.47. The number of aromatic nitrogens is 2. The van der Waals surface area contributed by atoms with Crippen LogP contribution in [0, 0.1) is 13.8 Å². The van der Waals surface area contributed by atoms with E-state index in [1.54, 1.807) is 0 Å². The minimum Gasteiger partial charge on any atom is -0.303 e. The van der Waals surface area contributed by atoms with Crippen molar-refractivity contribution in [3.05, 3.63) is 34.2 Å². The molecule has 2 rings (SSSR count). The number of hydrogen-bond donors (Lipinski definition) is 0. The Morgan fingerprint density at radius 2 is 2.17 bits per heavy atom. The van der Waals surface area contributed by atoms with E-state index in [2.05, 4.69) is 44.5 Å². The second-order valence-corrected chi connectivity index (χ2v) is 3.81. The van der Waals surface area contributed by atoms with Crippen LogP contribution < -0.4 is 0 Å². The van der Waals surface area contributed by atoms with Gasteiger partial charge in [-0.05, 0) is 41.4 Å². The molecule has 62 valence electrons. The molecule has 0 radical (unpaired) electrons. The quantitative estimate of drug-likeness (QED) is 0.673. The van der Waals surface area contributed by atoms with E-state index in [1.807, 2.05) is 13.1 Å². The van der Waals surface area contributed by atoms with Gasteiger partial charge in [-0.1, -0.05) is 0 Å². The molecule has 2 aromatic heterocycles. The third-order valence-electron chi connectivity index (χ3n) is 1.88. The zero-order chi connectivity index (χ0) is 8.72. The Morgan fingerprint density at radius 1 is 1.42 bits per heavy atom. The normalized spacial score (nSPS) is 10.9. The van der Waals surface area contributed by atoms with Gasteiger partial charge in [0, 0.05) is 18.1 Å². The predicted octanol–water partition coefficient (Wildman–Crippen LogP) is 2.71. The highest BCUT2D eigenvalue weighted by Gasteiger charge is 2.02. The van der Waals surface area contributed by atoms with Gasteiger partial charge < -0.3 is 4.40 Å². The molecule has 12 heavy (non-hydrogen) atoms. The fourth-order valence-electron chi connectivity index (χ4n) is 1.29. The SMILES string of the molecule is Cc1cc(Br)c2ncc(C)n2c1. The molecule has 2 heterocycles. The topological polar surface area (TPSA) is 17.3 Å². The first-order valence-electron chi connectivity index (χ1n) is 3.78. The molecule has 0 spiro atoms. The van der Waals surface area contributed by atoms with Crippen LogP contribution in [0.5, 0.6) is 0 Å². The number of nitrogens with zero attached hydrogens (tertiary/aromatic N) is 2. The Hall–Kier alpha value is -0.830. The molecule has 2 nitrogen and oxygen atoms in total. The maximum atomic E-state index is 4.27. The van der Waals surface area contributed by atoms with Gasteiger partial charge in [-0.2, -0.15) is 0 Å². The van der Waals surface area contributed by atoms with E-state index in [0.717, 1.165) is 15.8 Å². The smallest absolute Gasteiger partial charge is 0.151 e. The van der Waals surface area contributed by atoms with Crippen molar-refractivity contribution >= 4 is 21.6 Å². The first-order valence-corrected chi connectivity index (χ1v) is 4.57. The Kier molecular flexibility index (Phi) is 1.68. The molecule has 0 atom stereocenters. The Morgan fingerprint density at radius 3 is 2.92 bits per heavy atom. The molecule has 2 aromatic rings. The lowest BCUT2D eigenvalue weighted by Crippen LogP contribution is -1.89. The zero-order valence-electron chi connectivity index (χ0n) is 7.00. The molecule has 0 bridgehead atoms. The Bertz CT molecular complexity index is 431. The summed E-state index contributed by atoms with van der Waals surface area (Å²) in [4.78, 5) is 4.27. The fraction of sp³-hybridized carbons (Fsp3) is 0.222. The van der Waals surface area contributed by atoms with Crippen LogP contribution in [-0.2, 0) is 0 Å². The monoisotopic (exact) mass is 224 g/mol. The van der Waals surface area contributed by atoms with E-state index in [0.29, 0.717) is 0 Å². The van der Waals surface area contributed by atoms with E-state index in [4.69, 9.17) is 0 Å². The van der Waals surface area contributed by atoms with Crippen LogP contribution in [0.15, 0.2) is 22.9 Å². The van der Waals surface area contributed by atoms with Crippen molar-refractivity contribution in [2.75, 3.05) is 0 Å². The number of fused-ring (bicyclic) bond motifs is 1. The second-order valence-electron chi connectivity index (χ2n) is 2.96. The number of pyridine rings is 1. The molecule has 0 amide bonds. The molecule has 0 fully saturated rings. The van der Waals surface area contributed by atoms with Crippen molar-refractivity contribution in [3.63, 3.8) is 0 Å². The number of aryl methyl sites for hydroxylation is 2. The number of hydrogen-bond acceptors (Lipinski definition) is 1. The van der Waals surface area contributed by atoms with Gasteiger partial charge in [0.1, 0.15) is 0 Å².